The maximum atomic E-state index is 12.0. The third-order valence-electron chi connectivity index (χ3n) is 3.81. The number of ether oxygens (including phenoxy) is 2. The summed E-state index contributed by atoms with van der Waals surface area (Å²) in [5.41, 5.74) is 1.20. The van der Waals surface area contributed by atoms with E-state index in [9.17, 15) is 9.59 Å². The van der Waals surface area contributed by atoms with Gasteiger partial charge in [-0.05, 0) is 33.8 Å². The lowest BCUT2D eigenvalue weighted by molar-refractivity contribution is 0.00785. The Morgan fingerprint density at radius 2 is 2.04 bits per heavy atom. The topological polar surface area (TPSA) is 86.0 Å². The van der Waals surface area contributed by atoms with Crippen LogP contribution in [0.5, 0.6) is 0 Å². The van der Waals surface area contributed by atoms with Crippen molar-refractivity contribution >= 4 is 17.7 Å². The molecule has 0 aliphatic carbocycles. The van der Waals surface area contributed by atoms with E-state index in [0.717, 1.165) is 5.69 Å². The first-order valence-corrected chi connectivity index (χ1v) is 8.28. The summed E-state index contributed by atoms with van der Waals surface area (Å²) in [5.74, 6) is -0.335. The van der Waals surface area contributed by atoms with Crippen molar-refractivity contribution in [1.29, 1.82) is 0 Å². The second kappa shape index (κ2) is 6.34. The van der Waals surface area contributed by atoms with Crippen LogP contribution in [0, 0.1) is 0 Å². The van der Waals surface area contributed by atoms with Crippen LogP contribution in [-0.2, 0) is 9.47 Å². The van der Waals surface area contributed by atoms with E-state index < -0.39 is 11.6 Å². The minimum Gasteiger partial charge on any atom is -0.461 e. The molecular weight excluding hydrogens is 324 g/mol. The molecule has 1 amide bonds. The molecule has 3 heterocycles. The van der Waals surface area contributed by atoms with E-state index in [2.05, 4.69) is 10.1 Å². The van der Waals surface area contributed by atoms with Gasteiger partial charge in [0.25, 0.3) is 0 Å². The summed E-state index contributed by atoms with van der Waals surface area (Å²) in [4.78, 5) is 29.9. The van der Waals surface area contributed by atoms with E-state index in [4.69, 9.17) is 9.47 Å². The Balaban J connectivity index is 1.73. The SMILES string of the molecule is CCOC(=O)c1ccnc2cc(C3CN(C(=O)OC(C)(C)C)C3)nn12. The summed E-state index contributed by atoms with van der Waals surface area (Å²) in [6.07, 6.45) is 1.23. The van der Waals surface area contributed by atoms with Gasteiger partial charge in [0.1, 0.15) is 5.60 Å². The van der Waals surface area contributed by atoms with Crippen molar-refractivity contribution in [3.8, 4) is 0 Å². The number of hydrogen-bond donors (Lipinski definition) is 0. The van der Waals surface area contributed by atoms with Crippen LogP contribution in [-0.4, -0.2) is 56.9 Å². The van der Waals surface area contributed by atoms with Crippen LogP contribution in [0.3, 0.4) is 0 Å². The fourth-order valence-corrected chi connectivity index (χ4v) is 2.61. The number of amides is 1. The Morgan fingerprint density at radius 1 is 1.32 bits per heavy atom. The van der Waals surface area contributed by atoms with Gasteiger partial charge in [-0.25, -0.2) is 19.1 Å². The summed E-state index contributed by atoms with van der Waals surface area (Å²) in [5, 5.41) is 4.48. The number of nitrogens with zero attached hydrogens (tertiary/aromatic N) is 4. The van der Waals surface area contributed by atoms with E-state index in [1.165, 1.54) is 4.52 Å². The zero-order valence-electron chi connectivity index (χ0n) is 14.9. The molecule has 0 N–H and O–H groups in total. The molecule has 0 radical (unpaired) electrons. The number of carbonyl (C=O) groups excluding carboxylic acids is 2. The standard InChI is InChI=1S/C17H22N4O4/c1-5-24-15(22)13-6-7-18-14-8-12(19-21(13)14)11-9-20(10-11)16(23)25-17(2,3)4/h6-8,11H,5,9-10H2,1-4H3. The van der Waals surface area contributed by atoms with Crippen molar-refractivity contribution in [2.45, 2.75) is 39.2 Å². The molecule has 1 aliphatic heterocycles. The van der Waals surface area contributed by atoms with Gasteiger partial charge in [0.2, 0.25) is 0 Å². The second-order valence-electron chi connectivity index (χ2n) is 6.97. The summed E-state index contributed by atoms with van der Waals surface area (Å²) in [6.45, 7) is 8.64. The minimum atomic E-state index is -0.510. The molecule has 1 fully saturated rings. The van der Waals surface area contributed by atoms with Crippen LogP contribution >= 0.6 is 0 Å². The molecule has 0 bridgehead atoms. The Kier molecular flexibility index (Phi) is 4.36. The number of carbonyl (C=O) groups is 2. The molecule has 2 aromatic rings. The molecule has 2 aromatic heterocycles. The molecule has 8 heteroatoms. The Labute approximate surface area is 145 Å². The Bertz CT molecular complexity index is 803. The molecule has 3 rings (SSSR count). The van der Waals surface area contributed by atoms with Gasteiger partial charge in [0, 0.05) is 31.3 Å². The van der Waals surface area contributed by atoms with E-state index in [1.807, 2.05) is 26.8 Å². The van der Waals surface area contributed by atoms with Crippen LogP contribution in [0.15, 0.2) is 18.3 Å². The third kappa shape index (κ3) is 3.57. The summed E-state index contributed by atoms with van der Waals surface area (Å²) in [7, 11) is 0. The fourth-order valence-electron chi connectivity index (χ4n) is 2.61. The molecule has 0 unspecified atom stereocenters. The Hall–Kier alpha value is -2.64. The first kappa shape index (κ1) is 17.2. The van der Waals surface area contributed by atoms with E-state index in [0.29, 0.717) is 31.0 Å². The van der Waals surface area contributed by atoms with Gasteiger partial charge in [-0.2, -0.15) is 5.10 Å². The van der Waals surface area contributed by atoms with Crippen molar-refractivity contribution in [3.63, 3.8) is 0 Å². The van der Waals surface area contributed by atoms with Gasteiger partial charge >= 0.3 is 12.1 Å². The predicted octanol–water partition coefficient (Wildman–Crippen LogP) is 2.24. The average molecular weight is 346 g/mol. The number of hydrogen-bond acceptors (Lipinski definition) is 6. The average Bonchev–Trinajstić information content (AvgIpc) is 2.86. The van der Waals surface area contributed by atoms with Crippen LogP contribution in [0.2, 0.25) is 0 Å². The number of esters is 1. The van der Waals surface area contributed by atoms with Crippen molar-refractivity contribution in [3.05, 3.63) is 29.7 Å². The van der Waals surface area contributed by atoms with E-state index >= 15 is 0 Å². The first-order chi connectivity index (χ1) is 11.8. The first-order valence-electron chi connectivity index (χ1n) is 8.28. The molecule has 1 aliphatic rings. The van der Waals surface area contributed by atoms with Crippen LogP contribution < -0.4 is 0 Å². The van der Waals surface area contributed by atoms with Crippen LogP contribution in [0.25, 0.3) is 5.65 Å². The molecule has 0 saturated carbocycles. The number of aromatic nitrogens is 3. The lowest BCUT2D eigenvalue weighted by atomic mass is 9.97. The van der Waals surface area contributed by atoms with Gasteiger partial charge in [-0.1, -0.05) is 0 Å². The van der Waals surface area contributed by atoms with Crippen molar-refractivity contribution in [1.82, 2.24) is 19.5 Å². The molecular formula is C17H22N4O4. The Morgan fingerprint density at radius 3 is 2.68 bits per heavy atom. The van der Waals surface area contributed by atoms with Crippen molar-refractivity contribution in [2.75, 3.05) is 19.7 Å². The van der Waals surface area contributed by atoms with E-state index in [-0.39, 0.29) is 12.0 Å². The van der Waals surface area contributed by atoms with Crippen molar-refractivity contribution < 1.29 is 19.1 Å². The molecule has 1 saturated heterocycles. The minimum absolute atomic E-state index is 0.101. The maximum absolute atomic E-state index is 12.0. The monoisotopic (exact) mass is 346 g/mol. The fraction of sp³-hybridized carbons (Fsp3) is 0.529. The van der Waals surface area contributed by atoms with Gasteiger partial charge in [-0.3, -0.25) is 0 Å². The molecule has 0 aromatic carbocycles. The summed E-state index contributed by atoms with van der Waals surface area (Å²) < 4.78 is 11.9. The second-order valence-corrected chi connectivity index (χ2v) is 6.97. The van der Waals surface area contributed by atoms with Gasteiger partial charge in [-0.15, -0.1) is 0 Å². The highest BCUT2D eigenvalue weighted by molar-refractivity contribution is 5.88. The third-order valence-corrected chi connectivity index (χ3v) is 3.81. The van der Waals surface area contributed by atoms with Crippen LogP contribution in [0.1, 0.15) is 49.8 Å². The lowest BCUT2D eigenvalue weighted by Crippen LogP contribution is -2.50. The molecule has 0 spiro atoms. The number of rotatable bonds is 3. The predicted molar refractivity (Wildman–Crippen MR) is 89.5 cm³/mol. The van der Waals surface area contributed by atoms with Gasteiger partial charge in [0.15, 0.2) is 11.3 Å². The molecule has 0 atom stereocenters. The maximum Gasteiger partial charge on any atom is 0.410 e. The van der Waals surface area contributed by atoms with Crippen molar-refractivity contribution in [2.24, 2.45) is 0 Å². The number of likely N-dealkylation sites (tertiary alicyclic amines) is 1. The summed E-state index contributed by atoms with van der Waals surface area (Å²) in [6, 6.07) is 3.41. The zero-order valence-corrected chi connectivity index (χ0v) is 14.9. The molecule has 25 heavy (non-hydrogen) atoms. The normalized spacial score (nSPS) is 15.1. The largest absolute Gasteiger partial charge is 0.461 e. The molecule has 134 valence electrons. The lowest BCUT2D eigenvalue weighted by Gasteiger charge is -2.38. The number of fused-ring (bicyclic) bond motifs is 1. The highest BCUT2D eigenvalue weighted by atomic mass is 16.6. The van der Waals surface area contributed by atoms with Crippen LogP contribution in [0.4, 0.5) is 4.79 Å². The highest BCUT2D eigenvalue weighted by Crippen LogP contribution is 2.28. The smallest absolute Gasteiger partial charge is 0.410 e. The van der Waals surface area contributed by atoms with Gasteiger partial charge < -0.3 is 14.4 Å². The zero-order chi connectivity index (χ0) is 18.2. The quantitative estimate of drug-likeness (QED) is 0.792. The molecule has 8 nitrogen and oxygen atoms in total. The highest BCUT2D eigenvalue weighted by Gasteiger charge is 2.36. The van der Waals surface area contributed by atoms with E-state index in [1.54, 1.807) is 24.1 Å². The summed E-state index contributed by atoms with van der Waals surface area (Å²) >= 11 is 0. The van der Waals surface area contributed by atoms with Gasteiger partial charge in [0.05, 0.1) is 12.3 Å².